The van der Waals surface area contributed by atoms with Gasteiger partial charge in [0.2, 0.25) is 0 Å². The molecule has 3 rings (SSSR count). The van der Waals surface area contributed by atoms with Crippen LogP contribution in [0.2, 0.25) is 0 Å². The molecule has 2 aliphatic rings. The van der Waals surface area contributed by atoms with Gasteiger partial charge in [0.05, 0.1) is 0 Å². The minimum absolute atomic E-state index is 0.0785. The van der Waals surface area contributed by atoms with Crippen LogP contribution in [0, 0.1) is 11.8 Å². The fourth-order valence-electron chi connectivity index (χ4n) is 4.30. The molecule has 1 N–H and O–H groups in total. The van der Waals surface area contributed by atoms with Gasteiger partial charge in [-0.05, 0) is 86.6 Å². The van der Waals surface area contributed by atoms with Crippen LogP contribution < -0.4 is 10.1 Å². The van der Waals surface area contributed by atoms with Crippen molar-refractivity contribution in [3.05, 3.63) is 53.1 Å². The van der Waals surface area contributed by atoms with Crippen LogP contribution in [0.25, 0.3) is 0 Å². The molecule has 3 nitrogen and oxygen atoms in total. The standard InChI is InChI=1S/C25H35NO2/c1-6-25(5)18(4)23(26-16-19-10-11-19)14-20-12-13-21(15-22(20)25)28-24(27)9-7-8-17(2)3/h7-9,12-13,15,18-19,23,26H,6,10-11,14,16H2,1-5H3/b9-7+. The average Bonchev–Trinajstić information content (AvgIpc) is 3.48. The highest BCUT2D eigenvalue weighted by atomic mass is 16.5. The van der Waals surface area contributed by atoms with E-state index < -0.39 is 0 Å². The van der Waals surface area contributed by atoms with E-state index >= 15 is 0 Å². The molecular weight excluding hydrogens is 346 g/mol. The lowest BCUT2D eigenvalue weighted by Gasteiger charge is -2.46. The van der Waals surface area contributed by atoms with Gasteiger partial charge in [-0.25, -0.2) is 4.79 Å². The van der Waals surface area contributed by atoms with Crippen molar-refractivity contribution >= 4 is 5.97 Å². The van der Waals surface area contributed by atoms with E-state index in [1.54, 1.807) is 6.08 Å². The molecule has 3 heteroatoms. The molecule has 0 aliphatic heterocycles. The Morgan fingerprint density at radius 1 is 1.32 bits per heavy atom. The molecule has 1 aromatic rings. The van der Waals surface area contributed by atoms with Crippen LogP contribution in [-0.4, -0.2) is 18.6 Å². The molecule has 1 fully saturated rings. The summed E-state index contributed by atoms with van der Waals surface area (Å²) in [5.41, 5.74) is 3.95. The number of ether oxygens (including phenoxy) is 1. The molecule has 0 saturated heterocycles. The molecule has 0 bridgehead atoms. The van der Waals surface area contributed by atoms with E-state index in [4.69, 9.17) is 4.74 Å². The molecule has 0 aromatic heterocycles. The van der Waals surface area contributed by atoms with Crippen LogP contribution in [0.15, 0.2) is 42.0 Å². The Balaban J connectivity index is 1.78. The predicted molar refractivity (Wildman–Crippen MR) is 116 cm³/mol. The van der Waals surface area contributed by atoms with Gasteiger partial charge in [-0.1, -0.05) is 44.6 Å². The topological polar surface area (TPSA) is 38.3 Å². The van der Waals surface area contributed by atoms with Crippen molar-refractivity contribution in [1.29, 1.82) is 0 Å². The number of esters is 1. The second kappa shape index (κ2) is 8.65. The zero-order chi connectivity index (χ0) is 20.3. The highest BCUT2D eigenvalue weighted by Crippen LogP contribution is 2.45. The predicted octanol–water partition coefficient (Wildman–Crippen LogP) is 5.34. The molecule has 0 heterocycles. The van der Waals surface area contributed by atoms with Gasteiger partial charge < -0.3 is 10.1 Å². The van der Waals surface area contributed by atoms with E-state index in [0.29, 0.717) is 17.7 Å². The monoisotopic (exact) mass is 381 g/mol. The zero-order valence-electron chi connectivity index (χ0n) is 18.0. The van der Waals surface area contributed by atoms with Crippen molar-refractivity contribution in [3.8, 4) is 5.75 Å². The Labute approximate surface area is 170 Å². The summed E-state index contributed by atoms with van der Waals surface area (Å²) in [5.74, 6) is 1.74. The third kappa shape index (κ3) is 4.75. The summed E-state index contributed by atoms with van der Waals surface area (Å²) < 4.78 is 5.58. The fourth-order valence-corrected chi connectivity index (χ4v) is 4.30. The molecule has 152 valence electrons. The Morgan fingerprint density at radius 3 is 2.71 bits per heavy atom. The lowest BCUT2D eigenvalue weighted by atomic mass is 9.61. The van der Waals surface area contributed by atoms with Crippen LogP contribution >= 0.6 is 0 Å². The van der Waals surface area contributed by atoms with Crippen molar-refractivity contribution in [2.75, 3.05) is 6.54 Å². The maximum Gasteiger partial charge on any atom is 0.336 e. The lowest BCUT2D eigenvalue weighted by molar-refractivity contribution is -0.129. The normalized spacial score (nSPS) is 26.8. The maximum absolute atomic E-state index is 12.1. The first kappa shape index (κ1) is 20.9. The van der Waals surface area contributed by atoms with Crippen molar-refractivity contribution in [3.63, 3.8) is 0 Å². The fraction of sp³-hybridized carbons (Fsp3) is 0.560. The summed E-state index contributed by atoms with van der Waals surface area (Å²) >= 11 is 0. The number of nitrogens with one attached hydrogen (secondary N) is 1. The smallest absolute Gasteiger partial charge is 0.336 e. The summed E-state index contributed by atoms with van der Waals surface area (Å²) in [7, 11) is 0. The van der Waals surface area contributed by atoms with Crippen molar-refractivity contribution in [2.24, 2.45) is 11.8 Å². The molecule has 1 saturated carbocycles. The molecule has 0 amide bonds. The van der Waals surface area contributed by atoms with Gasteiger partial charge in [-0.2, -0.15) is 0 Å². The average molecular weight is 382 g/mol. The summed E-state index contributed by atoms with van der Waals surface area (Å²) in [6.07, 6.45) is 10.0. The molecule has 2 aliphatic carbocycles. The van der Waals surface area contributed by atoms with E-state index in [9.17, 15) is 4.79 Å². The minimum atomic E-state index is -0.330. The second-order valence-electron chi connectivity index (χ2n) is 9.07. The first-order valence-electron chi connectivity index (χ1n) is 10.7. The van der Waals surface area contributed by atoms with Gasteiger partial charge in [0.1, 0.15) is 5.75 Å². The molecule has 3 atom stereocenters. The van der Waals surface area contributed by atoms with E-state index in [2.05, 4.69) is 38.2 Å². The maximum atomic E-state index is 12.1. The van der Waals surface area contributed by atoms with Crippen molar-refractivity contribution < 1.29 is 9.53 Å². The number of benzene rings is 1. The Bertz CT molecular complexity index is 771. The zero-order valence-corrected chi connectivity index (χ0v) is 18.0. The van der Waals surface area contributed by atoms with Crippen LogP contribution in [-0.2, 0) is 16.6 Å². The summed E-state index contributed by atoms with van der Waals surface area (Å²) in [6.45, 7) is 12.2. The number of hydrogen-bond acceptors (Lipinski definition) is 3. The van der Waals surface area contributed by atoms with Gasteiger partial charge >= 0.3 is 5.97 Å². The van der Waals surface area contributed by atoms with Crippen LogP contribution in [0.5, 0.6) is 5.75 Å². The Morgan fingerprint density at radius 2 is 2.07 bits per heavy atom. The number of carbonyl (C=O) groups excluding carboxylic acids is 1. The molecule has 1 aromatic carbocycles. The number of carbonyl (C=O) groups is 1. The van der Waals surface area contributed by atoms with E-state index in [1.807, 2.05) is 26.0 Å². The van der Waals surface area contributed by atoms with Crippen molar-refractivity contribution in [2.45, 2.75) is 71.8 Å². The van der Waals surface area contributed by atoms with Crippen LogP contribution in [0.4, 0.5) is 0 Å². The van der Waals surface area contributed by atoms with Crippen molar-refractivity contribution in [1.82, 2.24) is 5.32 Å². The lowest BCUT2D eigenvalue weighted by Crippen LogP contribution is -2.50. The molecule has 3 unspecified atom stereocenters. The minimum Gasteiger partial charge on any atom is -0.423 e. The first-order chi connectivity index (χ1) is 13.3. The number of rotatable bonds is 7. The first-order valence-corrected chi connectivity index (χ1v) is 10.7. The highest BCUT2D eigenvalue weighted by Gasteiger charge is 2.42. The third-order valence-corrected chi connectivity index (χ3v) is 6.73. The summed E-state index contributed by atoms with van der Waals surface area (Å²) in [5, 5.41) is 3.84. The third-order valence-electron chi connectivity index (χ3n) is 6.73. The molecule has 28 heavy (non-hydrogen) atoms. The van der Waals surface area contributed by atoms with Crippen LogP contribution in [0.1, 0.15) is 65.0 Å². The summed E-state index contributed by atoms with van der Waals surface area (Å²) in [6, 6.07) is 6.70. The van der Waals surface area contributed by atoms with Crippen LogP contribution in [0.3, 0.4) is 0 Å². The molecular formula is C25H35NO2. The van der Waals surface area contributed by atoms with E-state index in [-0.39, 0.29) is 11.4 Å². The largest absolute Gasteiger partial charge is 0.423 e. The van der Waals surface area contributed by atoms with Gasteiger partial charge in [-0.15, -0.1) is 0 Å². The molecule has 0 spiro atoms. The van der Waals surface area contributed by atoms with Gasteiger partial charge in [0.25, 0.3) is 0 Å². The van der Waals surface area contributed by atoms with Gasteiger partial charge in [0.15, 0.2) is 0 Å². The van der Waals surface area contributed by atoms with Gasteiger partial charge in [-0.3, -0.25) is 0 Å². The second-order valence-corrected chi connectivity index (χ2v) is 9.07. The van der Waals surface area contributed by atoms with E-state index in [1.165, 1.54) is 30.0 Å². The van der Waals surface area contributed by atoms with Gasteiger partial charge in [0, 0.05) is 12.1 Å². The Kier molecular flexibility index (Phi) is 6.44. The number of allylic oxidation sites excluding steroid dienone is 3. The SMILES string of the molecule is CCC1(C)c2cc(OC(=O)/C=C/C=C(C)C)ccc2CC(NCC2CC2)C1C. The number of hydrogen-bond donors (Lipinski definition) is 1. The number of fused-ring (bicyclic) bond motifs is 1. The summed E-state index contributed by atoms with van der Waals surface area (Å²) in [4.78, 5) is 12.1. The van der Waals surface area contributed by atoms with E-state index in [0.717, 1.165) is 30.9 Å². The quantitative estimate of drug-likeness (QED) is 0.300. The Hall–Kier alpha value is -1.87. The highest BCUT2D eigenvalue weighted by molar-refractivity contribution is 5.84. The molecule has 0 radical (unpaired) electrons.